The highest BCUT2D eigenvalue weighted by molar-refractivity contribution is 7.12. The van der Waals surface area contributed by atoms with Crippen molar-refractivity contribution in [2.45, 2.75) is 84.0 Å². The highest BCUT2D eigenvalue weighted by atomic mass is 32.1. The van der Waals surface area contributed by atoms with Crippen molar-refractivity contribution < 1.29 is 4.79 Å². The molecule has 3 rings (SSSR count). The van der Waals surface area contributed by atoms with Crippen LogP contribution in [0, 0.1) is 0 Å². The lowest BCUT2D eigenvalue weighted by atomic mass is 10.1. The maximum atomic E-state index is 11.5. The van der Waals surface area contributed by atoms with Crippen molar-refractivity contribution >= 4 is 28.3 Å². The SMILES string of the molecule is CCCCCCCCCCCCCc1nc2ccccc2n1-c1csc(C(N)=O)c1. The number of aryl methyl sites for hydroxylation is 1. The highest BCUT2D eigenvalue weighted by Gasteiger charge is 2.14. The van der Waals surface area contributed by atoms with Gasteiger partial charge in [-0.1, -0.05) is 83.3 Å². The third kappa shape index (κ3) is 6.18. The quantitative estimate of drug-likeness (QED) is 0.282. The van der Waals surface area contributed by atoms with E-state index < -0.39 is 0 Å². The monoisotopic (exact) mass is 425 g/mol. The number of aromatic nitrogens is 2. The molecule has 30 heavy (non-hydrogen) atoms. The summed E-state index contributed by atoms with van der Waals surface area (Å²) in [5.74, 6) is 0.698. The van der Waals surface area contributed by atoms with Crippen LogP contribution in [-0.2, 0) is 6.42 Å². The Morgan fingerprint density at radius 1 is 0.967 bits per heavy atom. The van der Waals surface area contributed by atoms with Gasteiger partial charge in [0, 0.05) is 11.8 Å². The lowest BCUT2D eigenvalue weighted by molar-refractivity contribution is 0.100. The molecule has 0 saturated carbocycles. The molecule has 1 aromatic carbocycles. The Hall–Kier alpha value is -2.14. The van der Waals surface area contributed by atoms with E-state index in [0.717, 1.165) is 35.4 Å². The van der Waals surface area contributed by atoms with Gasteiger partial charge in [-0.25, -0.2) is 4.98 Å². The molecule has 0 unspecified atom stereocenters. The molecule has 2 aromatic heterocycles. The van der Waals surface area contributed by atoms with Crippen LogP contribution in [0.3, 0.4) is 0 Å². The first-order valence-electron chi connectivity index (χ1n) is 11.6. The number of unbranched alkanes of at least 4 members (excludes halogenated alkanes) is 10. The fraction of sp³-hybridized carbons (Fsp3) is 0.520. The van der Waals surface area contributed by atoms with E-state index in [1.807, 2.05) is 23.6 Å². The number of rotatable bonds is 14. The fourth-order valence-corrected chi connectivity index (χ4v) is 4.78. The number of fused-ring (bicyclic) bond motifs is 1. The molecule has 5 heteroatoms. The zero-order chi connectivity index (χ0) is 21.2. The van der Waals surface area contributed by atoms with Crippen LogP contribution in [0.1, 0.15) is 93.0 Å². The maximum Gasteiger partial charge on any atom is 0.258 e. The molecule has 0 spiro atoms. The third-order valence-electron chi connectivity index (χ3n) is 5.72. The molecule has 162 valence electrons. The molecular formula is C25H35N3OS. The van der Waals surface area contributed by atoms with Gasteiger partial charge in [-0.3, -0.25) is 9.36 Å². The van der Waals surface area contributed by atoms with Crippen molar-refractivity contribution in [1.29, 1.82) is 0 Å². The van der Waals surface area contributed by atoms with Gasteiger partial charge in [0.05, 0.1) is 21.6 Å². The summed E-state index contributed by atoms with van der Waals surface area (Å²) in [5, 5.41) is 2.00. The minimum Gasteiger partial charge on any atom is -0.365 e. The lowest BCUT2D eigenvalue weighted by Gasteiger charge is -2.07. The van der Waals surface area contributed by atoms with Gasteiger partial charge in [0.25, 0.3) is 5.91 Å². The standard InChI is InChI=1S/C25H35N3OS/c1-2-3-4-5-6-7-8-9-10-11-12-17-24-27-21-15-13-14-16-22(21)28(24)20-18-23(25(26)29)30-19-20/h13-16,18-19H,2-12,17H2,1H3,(H2,26,29). The van der Waals surface area contributed by atoms with Crippen LogP contribution in [0.5, 0.6) is 0 Å². The summed E-state index contributed by atoms with van der Waals surface area (Å²) in [6.45, 7) is 2.27. The summed E-state index contributed by atoms with van der Waals surface area (Å²) in [6.07, 6.45) is 15.7. The molecule has 0 atom stereocenters. The number of nitrogens with zero attached hydrogens (tertiary/aromatic N) is 2. The van der Waals surface area contributed by atoms with E-state index in [1.54, 1.807) is 0 Å². The molecule has 2 heterocycles. The van der Waals surface area contributed by atoms with Crippen LogP contribution in [-0.4, -0.2) is 15.5 Å². The van der Waals surface area contributed by atoms with E-state index in [4.69, 9.17) is 10.7 Å². The highest BCUT2D eigenvalue weighted by Crippen LogP contribution is 2.26. The Kier molecular flexibility index (Phi) is 8.94. The van der Waals surface area contributed by atoms with Crippen LogP contribution in [0.2, 0.25) is 0 Å². The Morgan fingerprint density at radius 3 is 2.23 bits per heavy atom. The van der Waals surface area contributed by atoms with Gasteiger partial charge in [0.1, 0.15) is 5.82 Å². The fourth-order valence-electron chi connectivity index (χ4n) is 4.05. The van der Waals surface area contributed by atoms with Crippen LogP contribution >= 0.6 is 11.3 Å². The Balaban J connectivity index is 1.51. The lowest BCUT2D eigenvalue weighted by Crippen LogP contribution is -2.08. The minimum atomic E-state index is -0.373. The number of hydrogen-bond donors (Lipinski definition) is 1. The largest absolute Gasteiger partial charge is 0.365 e. The van der Waals surface area contributed by atoms with Crippen LogP contribution in [0.4, 0.5) is 0 Å². The number of carbonyl (C=O) groups is 1. The zero-order valence-electron chi connectivity index (χ0n) is 18.2. The first kappa shape index (κ1) is 22.5. The number of hydrogen-bond acceptors (Lipinski definition) is 3. The Labute approximate surface area is 184 Å². The number of amides is 1. The van der Waals surface area contributed by atoms with Crippen molar-refractivity contribution in [3.8, 4) is 5.69 Å². The second-order valence-electron chi connectivity index (χ2n) is 8.17. The van der Waals surface area contributed by atoms with E-state index >= 15 is 0 Å². The summed E-state index contributed by atoms with van der Waals surface area (Å²) < 4.78 is 2.19. The molecule has 0 aliphatic heterocycles. The molecule has 0 bridgehead atoms. The molecule has 4 nitrogen and oxygen atoms in total. The summed E-state index contributed by atoms with van der Waals surface area (Å²) in [7, 11) is 0. The number of benzene rings is 1. The van der Waals surface area contributed by atoms with Crippen molar-refractivity contribution in [2.75, 3.05) is 0 Å². The maximum absolute atomic E-state index is 11.5. The molecule has 0 fully saturated rings. The summed E-state index contributed by atoms with van der Waals surface area (Å²) in [5.41, 5.74) is 8.53. The summed E-state index contributed by atoms with van der Waals surface area (Å²) >= 11 is 1.40. The number of nitrogens with two attached hydrogens (primary N) is 1. The van der Waals surface area contributed by atoms with E-state index in [1.165, 1.54) is 75.5 Å². The molecular weight excluding hydrogens is 390 g/mol. The van der Waals surface area contributed by atoms with Crippen LogP contribution < -0.4 is 5.73 Å². The summed E-state index contributed by atoms with van der Waals surface area (Å²) in [6, 6.07) is 10.1. The molecule has 1 amide bonds. The van der Waals surface area contributed by atoms with Gasteiger partial charge in [-0.15, -0.1) is 11.3 Å². The molecule has 0 aliphatic carbocycles. The van der Waals surface area contributed by atoms with E-state index in [-0.39, 0.29) is 5.91 Å². The van der Waals surface area contributed by atoms with E-state index in [2.05, 4.69) is 23.6 Å². The number of thiophene rings is 1. The average molecular weight is 426 g/mol. The Morgan fingerprint density at radius 2 is 1.60 bits per heavy atom. The van der Waals surface area contributed by atoms with Gasteiger partial charge >= 0.3 is 0 Å². The van der Waals surface area contributed by atoms with Gasteiger partial charge in [0.15, 0.2) is 0 Å². The molecule has 0 radical (unpaired) electrons. The molecule has 2 N–H and O–H groups in total. The zero-order valence-corrected chi connectivity index (χ0v) is 19.1. The predicted molar refractivity (Wildman–Crippen MR) is 128 cm³/mol. The average Bonchev–Trinajstić information content (AvgIpc) is 3.36. The number of para-hydroxylation sites is 2. The first-order valence-corrected chi connectivity index (χ1v) is 12.4. The number of imidazole rings is 1. The normalized spacial score (nSPS) is 11.4. The molecule has 0 aliphatic rings. The van der Waals surface area contributed by atoms with E-state index in [0.29, 0.717) is 4.88 Å². The van der Waals surface area contributed by atoms with Crippen LogP contribution in [0.25, 0.3) is 16.7 Å². The Bertz CT molecular complexity index is 928. The second-order valence-corrected chi connectivity index (χ2v) is 9.08. The smallest absolute Gasteiger partial charge is 0.258 e. The molecule has 0 saturated heterocycles. The minimum absolute atomic E-state index is 0.373. The van der Waals surface area contributed by atoms with Crippen LogP contribution in [0.15, 0.2) is 35.7 Å². The van der Waals surface area contributed by atoms with Gasteiger partial charge in [-0.2, -0.15) is 0 Å². The van der Waals surface area contributed by atoms with Gasteiger partial charge in [0.2, 0.25) is 0 Å². The van der Waals surface area contributed by atoms with Crippen molar-refractivity contribution in [3.63, 3.8) is 0 Å². The van der Waals surface area contributed by atoms with Crippen molar-refractivity contribution in [2.24, 2.45) is 5.73 Å². The number of carbonyl (C=O) groups excluding carboxylic acids is 1. The predicted octanol–water partition coefficient (Wildman–Crippen LogP) is 7.04. The van der Waals surface area contributed by atoms with E-state index in [9.17, 15) is 4.79 Å². The summed E-state index contributed by atoms with van der Waals surface area (Å²) in [4.78, 5) is 17.0. The second kappa shape index (κ2) is 11.9. The first-order chi connectivity index (χ1) is 14.7. The van der Waals surface area contributed by atoms with Gasteiger partial charge in [-0.05, 0) is 24.6 Å². The van der Waals surface area contributed by atoms with Crippen molar-refractivity contribution in [1.82, 2.24) is 9.55 Å². The molecule has 3 aromatic rings. The third-order valence-corrected chi connectivity index (χ3v) is 6.65. The van der Waals surface area contributed by atoms with Gasteiger partial charge < -0.3 is 5.73 Å². The topological polar surface area (TPSA) is 60.9 Å². The number of primary amides is 1. The van der Waals surface area contributed by atoms with Crippen molar-refractivity contribution in [3.05, 3.63) is 46.4 Å².